The molecule has 0 saturated heterocycles. The van der Waals surface area contributed by atoms with Crippen LogP contribution in [0.4, 0.5) is 10.5 Å². The Morgan fingerprint density at radius 2 is 2.29 bits per heavy atom. The summed E-state index contributed by atoms with van der Waals surface area (Å²) in [7, 11) is 0. The van der Waals surface area contributed by atoms with Crippen molar-refractivity contribution in [3.05, 3.63) is 36.3 Å². The van der Waals surface area contributed by atoms with Gasteiger partial charge in [0.05, 0.1) is 11.9 Å². The second-order valence-corrected chi connectivity index (χ2v) is 3.06. The van der Waals surface area contributed by atoms with Crippen LogP contribution >= 0.6 is 0 Å². The third kappa shape index (κ3) is 3.71. The Kier molecular flexibility index (Phi) is 3.67. The number of carbonyl (C=O) groups is 1. The van der Waals surface area contributed by atoms with Gasteiger partial charge in [-0.1, -0.05) is 5.57 Å². The molecule has 4 heteroatoms. The van der Waals surface area contributed by atoms with E-state index in [0.29, 0.717) is 5.69 Å². The number of hydrogen-bond donors (Lipinski definition) is 2. The van der Waals surface area contributed by atoms with Crippen molar-refractivity contribution in [3.8, 4) is 0 Å². The minimum absolute atomic E-state index is 0.265. The molecule has 0 fully saturated rings. The molecule has 1 heterocycles. The number of rotatable bonds is 2. The molecule has 0 aliphatic carbocycles. The predicted octanol–water partition coefficient (Wildman–Crippen LogP) is 2.13. The average Bonchev–Trinajstić information content (AvgIpc) is 2.16. The number of urea groups is 1. The highest BCUT2D eigenvalue weighted by atomic mass is 16.2. The lowest BCUT2D eigenvalue weighted by Crippen LogP contribution is -2.24. The zero-order valence-corrected chi connectivity index (χ0v) is 8.24. The number of nitrogens with zero attached hydrogens (tertiary/aromatic N) is 1. The van der Waals surface area contributed by atoms with Gasteiger partial charge in [-0.15, -0.1) is 0 Å². The molecule has 0 aliphatic rings. The molecule has 2 N–H and O–H groups in total. The van der Waals surface area contributed by atoms with Crippen LogP contribution in [0.2, 0.25) is 0 Å². The number of hydrogen-bond acceptors (Lipinski definition) is 2. The van der Waals surface area contributed by atoms with Gasteiger partial charge in [-0.05, 0) is 26.0 Å². The lowest BCUT2D eigenvalue weighted by Gasteiger charge is -2.03. The van der Waals surface area contributed by atoms with E-state index in [1.807, 2.05) is 13.8 Å². The molecule has 0 bridgehead atoms. The lowest BCUT2D eigenvalue weighted by atomic mass is 10.4. The number of carbonyl (C=O) groups excluding carboxylic acids is 1. The summed E-state index contributed by atoms with van der Waals surface area (Å²) in [5.41, 5.74) is 1.71. The van der Waals surface area contributed by atoms with Gasteiger partial charge in [0.2, 0.25) is 0 Å². The monoisotopic (exact) mass is 191 g/mol. The number of amides is 2. The minimum atomic E-state index is -0.265. The largest absolute Gasteiger partial charge is 0.323 e. The molecule has 0 spiro atoms. The molecular formula is C10H13N3O. The molecule has 4 nitrogen and oxygen atoms in total. The van der Waals surface area contributed by atoms with E-state index in [1.165, 1.54) is 0 Å². The molecule has 2 amide bonds. The van der Waals surface area contributed by atoms with Gasteiger partial charge in [-0.2, -0.15) is 0 Å². The van der Waals surface area contributed by atoms with Crippen LogP contribution in [0.25, 0.3) is 0 Å². The number of aromatic nitrogens is 1. The van der Waals surface area contributed by atoms with Gasteiger partial charge < -0.3 is 10.6 Å². The highest BCUT2D eigenvalue weighted by molar-refractivity contribution is 5.89. The Bertz CT molecular complexity index is 328. The fourth-order valence-electron chi connectivity index (χ4n) is 0.814. The molecule has 0 saturated carbocycles. The fourth-order valence-corrected chi connectivity index (χ4v) is 0.814. The van der Waals surface area contributed by atoms with Crippen LogP contribution in [0.3, 0.4) is 0 Å². The normalized spacial score (nSPS) is 9.00. The Hall–Kier alpha value is -1.84. The van der Waals surface area contributed by atoms with E-state index < -0.39 is 0 Å². The van der Waals surface area contributed by atoms with Gasteiger partial charge >= 0.3 is 6.03 Å². The molecule has 14 heavy (non-hydrogen) atoms. The van der Waals surface area contributed by atoms with E-state index in [1.54, 1.807) is 30.7 Å². The smallest absolute Gasteiger partial charge is 0.314 e. The van der Waals surface area contributed by atoms with Crippen LogP contribution in [0.1, 0.15) is 13.8 Å². The zero-order chi connectivity index (χ0) is 10.4. The number of allylic oxidation sites excluding steroid dienone is 1. The predicted molar refractivity (Wildman–Crippen MR) is 55.8 cm³/mol. The van der Waals surface area contributed by atoms with Gasteiger partial charge in [-0.25, -0.2) is 4.79 Å². The van der Waals surface area contributed by atoms with Crippen LogP contribution in [0.15, 0.2) is 36.3 Å². The van der Waals surface area contributed by atoms with Crippen molar-refractivity contribution in [2.45, 2.75) is 13.8 Å². The minimum Gasteiger partial charge on any atom is -0.314 e. The van der Waals surface area contributed by atoms with Crippen molar-refractivity contribution in [2.24, 2.45) is 0 Å². The van der Waals surface area contributed by atoms with Crippen molar-refractivity contribution < 1.29 is 4.79 Å². The first-order valence-corrected chi connectivity index (χ1v) is 4.29. The van der Waals surface area contributed by atoms with Crippen LogP contribution in [0.5, 0.6) is 0 Å². The van der Waals surface area contributed by atoms with Gasteiger partial charge in [0.1, 0.15) is 0 Å². The van der Waals surface area contributed by atoms with Crippen LogP contribution in [-0.4, -0.2) is 11.0 Å². The Balaban J connectivity index is 2.46. The van der Waals surface area contributed by atoms with E-state index in [0.717, 1.165) is 5.57 Å². The van der Waals surface area contributed by atoms with E-state index in [-0.39, 0.29) is 6.03 Å². The first-order chi connectivity index (χ1) is 6.68. The van der Waals surface area contributed by atoms with Crippen molar-refractivity contribution in [1.29, 1.82) is 0 Å². The quantitative estimate of drug-likeness (QED) is 0.752. The molecule has 0 aromatic carbocycles. The Labute approximate surface area is 83.0 Å². The van der Waals surface area contributed by atoms with Crippen molar-refractivity contribution in [1.82, 2.24) is 10.3 Å². The summed E-state index contributed by atoms with van der Waals surface area (Å²) in [6.07, 6.45) is 4.88. The fraction of sp³-hybridized carbons (Fsp3) is 0.200. The summed E-state index contributed by atoms with van der Waals surface area (Å²) < 4.78 is 0. The van der Waals surface area contributed by atoms with Crippen molar-refractivity contribution in [2.75, 3.05) is 5.32 Å². The molecule has 1 aromatic rings. The van der Waals surface area contributed by atoms with Crippen LogP contribution < -0.4 is 10.6 Å². The second-order valence-electron chi connectivity index (χ2n) is 3.06. The zero-order valence-electron chi connectivity index (χ0n) is 8.24. The second kappa shape index (κ2) is 5.01. The van der Waals surface area contributed by atoms with E-state index in [2.05, 4.69) is 15.6 Å². The lowest BCUT2D eigenvalue weighted by molar-refractivity contribution is 0.255. The molecule has 1 aromatic heterocycles. The SMILES string of the molecule is CC(C)=CNC(=O)Nc1cccnc1. The van der Waals surface area contributed by atoms with Gasteiger partial charge in [-0.3, -0.25) is 4.98 Å². The highest BCUT2D eigenvalue weighted by Crippen LogP contribution is 2.01. The molecule has 0 aliphatic heterocycles. The third-order valence-corrected chi connectivity index (χ3v) is 1.41. The topological polar surface area (TPSA) is 54.0 Å². The highest BCUT2D eigenvalue weighted by Gasteiger charge is 1.97. The summed E-state index contributed by atoms with van der Waals surface area (Å²) >= 11 is 0. The van der Waals surface area contributed by atoms with Gasteiger partial charge in [0.15, 0.2) is 0 Å². The molecule has 0 radical (unpaired) electrons. The summed E-state index contributed by atoms with van der Waals surface area (Å²) in [5, 5.41) is 5.23. The number of nitrogens with one attached hydrogen (secondary N) is 2. The molecule has 0 atom stereocenters. The maximum atomic E-state index is 11.2. The summed E-state index contributed by atoms with van der Waals surface area (Å²) in [6, 6.07) is 3.27. The molecule has 1 rings (SSSR count). The van der Waals surface area contributed by atoms with Crippen LogP contribution in [-0.2, 0) is 0 Å². The van der Waals surface area contributed by atoms with Gasteiger partial charge in [0.25, 0.3) is 0 Å². The maximum Gasteiger partial charge on any atom is 0.323 e. The summed E-state index contributed by atoms with van der Waals surface area (Å²) in [6.45, 7) is 3.81. The number of anilines is 1. The third-order valence-electron chi connectivity index (χ3n) is 1.41. The standard InChI is InChI=1S/C10H13N3O/c1-8(2)6-12-10(14)13-9-4-3-5-11-7-9/h3-7H,1-2H3,(H2,12,13,14). The van der Waals surface area contributed by atoms with Crippen LogP contribution in [0, 0.1) is 0 Å². The first-order valence-electron chi connectivity index (χ1n) is 4.29. The van der Waals surface area contributed by atoms with Crippen molar-refractivity contribution >= 4 is 11.7 Å². The molecule has 74 valence electrons. The molecule has 0 unspecified atom stereocenters. The Morgan fingerprint density at radius 1 is 1.50 bits per heavy atom. The van der Waals surface area contributed by atoms with Gasteiger partial charge in [0, 0.05) is 12.4 Å². The maximum absolute atomic E-state index is 11.2. The average molecular weight is 191 g/mol. The summed E-state index contributed by atoms with van der Waals surface area (Å²) in [5.74, 6) is 0. The van der Waals surface area contributed by atoms with E-state index in [9.17, 15) is 4.79 Å². The molecular weight excluding hydrogens is 178 g/mol. The Morgan fingerprint density at radius 3 is 2.86 bits per heavy atom. The first kappa shape index (κ1) is 10.2. The van der Waals surface area contributed by atoms with Crippen molar-refractivity contribution in [3.63, 3.8) is 0 Å². The number of pyridine rings is 1. The van der Waals surface area contributed by atoms with E-state index in [4.69, 9.17) is 0 Å². The summed E-state index contributed by atoms with van der Waals surface area (Å²) in [4.78, 5) is 15.1. The van der Waals surface area contributed by atoms with E-state index >= 15 is 0 Å².